The molecule has 1 aliphatic rings. The summed E-state index contributed by atoms with van der Waals surface area (Å²) in [5, 5.41) is 0.946. The first-order chi connectivity index (χ1) is 7.81. The van der Waals surface area contributed by atoms with E-state index >= 15 is 0 Å². The Kier molecular flexibility index (Phi) is 3.40. The van der Waals surface area contributed by atoms with Crippen molar-refractivity contribution in [3.05, 3.63) is 53.1 Å². The summed E-state index contributed by atoms with van der Waals surface area (Å²) < 4.78 is 0. The summed E-state index contributed by atoms with van der Waals surface area (Å²) in [7, 11) is 0. The third-order valence-electron chi connectivity index (χ3n) is 2.41. The quantitative estimate of drug-likeness (QED) is 0.730. The molecule has 0 radical (unpaired) electrons. The second-order valence-electron chi connectivity index (χ2n) is 3.48. The fourth-order valence-corrected chi connectivity index (χ4v) is 2.41. The van der Waals surface area contributed by atoms with Gasteiger partial charge in [0.05, 0.1) is 0 Å². The Morgan fingerprint density at radius 3 is 3.00 bits per heavy atom. The lowest BCUT2D eigenvalue weighted by Gasteiger charge is -2.16. The van der Waals surface area contributed by atoms with Gasteiger partial charge >= 0.3 is 0 Å². The molecule has 1 aromatic heterocycles. The number of pyridine rings is 1. The Morgan fingerprint density at radius 2 is 2.31 bits per heavy atom. The molecule has 0 fully saturated rings. The number of aromatic nitrogens is 1. The molecule has 1 atom stereocenters. The second kappa shape index (κ2) is 4.97. The summed E-state index contributed by atoms with van der Waals surface area (Å²) in [5.41, 5.74) is 0.695. The average Bonchev–Trinajstić information content (AvgIpc) is 2.33. The lowest BCUT2D eigenvalue weighted by molar-refractivity contribution is 0.565. The molecular formula is C13H11NOS. The van der Waals surface area contributed by atoms with E-state index in [9.17, 15) is 4.79 Å². The van der Waals surface area contributed by atoms with E-state index in [0.29, 0.717) is 5.57 Å². The van der Waals surface area contributed by atoms with Crippen molar-refractivity contribution in [1.82, 2.24) is 4.98 Å². The van der Waals surface area contributed by atoms with Gasteiger partial charge in [0.25, 0.3) is 0 Å². The smallest absolute Gasteiger partial charge is 0.128 e. The third kappa shape index (κ3) is 2.32. The van der Waals surface area contributed by atoms with Gasteiger partial charge in [-0.2, -0.15) is 0 Å². The first-order valence-electron chi connectivity index (χ1n) is 5.03. The minimum absolute atomic E-state index is 0.106. The summed E-state index contributed by atoms with van der Waals surface area (Å²) in [4.78, 5) is 16.1. The molecule has 1 aromatic rings. The minimum Gasteiger partial charge on any atom is -0.250 e. The first kappa shape index (κ1) is 10.9. The van der Waals surface area contributed by atoms with E-state index in [1.54, 1.807) is 24.0 Å². The predicted octanol–water partition coefficient (Wildman–Crippen LogP) is 3.02. The molecule has 0 N–H and O–H groups in total. The molecular weight excluding hydrogens is 218 g/mol. The van der Waals surface area contributed by atoms with E-state index in [1.807, 2.05) is 43.2 Å². The molecule has 0 saturated carbocycles. The molecule has 0 saturated heterocycles. The number of thioether (sulfide) groups is 1. The van der Waals surface area contributed by atoms with Crippen LogP contribution in [0.2, 0.25) is 0 Å². The number of allylic oxidation sites excluding steroid dienone is 5. The molecule has 0 aromatic carbocycles. The Bertz CT molecular complexity index is 484. The van der Waals surface area contributed by atoms with Crippen molar-refractivity contribution in [3.8, 4) is 0 Å². The Labute approximate surface area is 98.8 Å². The van der Waals surface area contributed by atoms with Crippen molar-refractivity contribution in [3.63, 3.8) is 0 Å². The molecule has 0 bridgehead atoms. The van der Waals surface area contributed by atoms with Crippen LogP contribution >= 0.6 is 11.8 Å². The maximum Gasteiger partial charge on any atom is 0.128 e. The van der Waals surface area contributed by atoms with Crippen LogP contribution in [0.4, 0.5) is 0 Å². The molecule has 0 spiro atoms. The van der Waals surface area contributed by atoms with Gasteiger partial charge < -0.3 is 0 Å². The largest absolute Gasteiger partial charge is 0.250 e. The maximum absolute atomic E-state index is 10.7. The summed E-state index contributed by atoms with van der Waals surface area (Å²) in [6, 6.07) is 5.80. The minimum atomic E-state index is 0.106. The molecule has 3 heteroatoms. The SMILES string of the molecule is CC1C(=C=O)C=CC=C1Sc1ccccn1. The van der Waals surface area contributed by atoms with Crippen LogP contribution in [0.5, 0.6) is 0 Å². The van der Waals surface area contributed by atoms with Crippen LogP contribution in [0.25, 0.3) is 0 Å². The number of hydrogen-bond donors (Lipinski definition) is 0. The standard InChI is InChI=1S/C13H11NOS/c1-10-11(9-15)5-4-6-12(10)16-13-7-2-3-8-14-13/h2-8,10H,1H3. The topological polar surface area (TPSA) is 30.0 Å². The zero-order valence-corrected chi connectivity index (χ0v) is 9.70. The second-order valence-corrected chi connectivity index (χ2v) is 4.57. The number of carbonyl (C=O) groups excluding carboxylic acids is 1. The molecule has 2 nitrogen and oxygen atoms in total. The average molecular weight is 229 g/mol. The van der Waals surface area contributed by atoms with Crippen molar-refractivity contribution in [1.29, 1.82) is 0 Å². The highest BCUT2D eigenvalue weighted by Crippen LogP contribution is 2.35. The number of hydrogen-bond acceptors (Lipinski definition) is 3. The van der Waals surface area contributed by atoms with Crippen LogP contribution in [0, 0.1) is 5.92 Å². The molecule has 0 aliphatic heterocycles. The van der Waals surface area contributed by atoms with E-state index in [1.165, 1.54) is 0 Å². The van der Waals surface area contributed by atoms with Crippen LogP contribution < -0.4 is 0 Å². The van der Waals surface area contributed by atoms with Gasteiger partial charge in [-0.1, -0.05) is 36.9 Å². The predicted molar refractivity (Wildman–Crippen MR) is 65.7 cm³/mol. The van der Waals surface area contributed by atoms with Crippen LogP contribution in [-0.4, -0.2) is 10.9 Å². The maximum atomic E-state index is 10.7. The van der Waals surface area contributed by atoms with Crippen molar-refractivity contribution in [2.45, 2.75) is 11.9 Å². The van der Waals surface area contributed by atoms with Gasteiger partial charge in [-0.05, 0) is 23.1 Å². The molecule has 1 aliphatic carbocycles. The van der Waals surface area contributed by atoms with E-state index in [-0.39, 0.29) is 5.92 Å². The van der Waals surface area contributed by atoms with E-state index < -0.39 is 0 Å². The Hall–Kier alpha value is -1.57. The van der Waals surface area contributed by atoms with Crippen molar-refractivity contribution in [2.75, 3.05) is 0 Å². The molecule has 80 valence electrons. The summed E-state index contributed by atoms with van der Waals surface area (Å²) in [5.74, 6) is 2.08. The van der Waals surface area contributed by atoms with Crippen LogP contribution in [0.1, 0.15) is 6.92 Å². The fourth-order valence-electron chi connectivity index (χ4n) is 1.46. The van der Waals surface area contributed by atoms with Crippen molar-refractivity contribution >= 4 is 17.7 Å². The van der Waals surface area contributed by atoms with Crippen LogP contribution in [0.3, 0.4) is 0 Å². The highest BCUT2D eigenvalue weighted by molar-refractivity contribution is 8.03. The van der Waals surface area contributed by atoms with Crippen molar-refractivity contribution < 1.29 is 4.79 Å². The Balaban J connectivity index is 2.20. The lowest BCUT2D eigenvalue weighted by Crippen LogP contribution is -2.03. The molecule has 1 heterocycles. The summed E-state index contributed by atoms with van der Waals surface area (Å²) in [6.45, 7) is 2.01. The van der Waals surface area contributed by atoms with Crippen molar-refractivity contribution in [2.24, 2.45) is 5.92 Å². The van der Waals surface area contributed by atoms with E-state index in [2.05, 4.69) is 4.98 Å². The van der Waals surface area contributed by atoms with E-state index in [4.69, 9.17) is 0 Å². The zero-order chi connectivity index (χ0) is 11.4. The number of rotatable bonds is 2. The van der Waals surface area contributed by atoms with Gasteiger partial charge in [-0.3, -0.25) is 0 Å². The monoisotopic (exact) mass is 229 g/mol. The molecule has 0 amide bonds. The first-order valence-corrected chi connectivity index (χ1v) is 5.85. The molecule has 2 rings (SSSR count). The van der Waals surface area contributed by atoms with Crippen LogP contribution in [0.15, 0.2) is 58.1 Å². The highest BCUT2D eigenvalue weighted by atomic mass is 32.2. The Morgan fingerprint density at radius 1 is 1.44 bits per heavy atom. The lowest BCUT2D eigenvalue weighted by atomic mass is 9.98. The van der Waals surface area contributed by atoms with Gasteiger partial charge in [0, 0.05) is 17.7 Å². The summed E-state index contributed by atoms with van der Waals surface area (Å²) in [6.07, 6.45) is 7.47. The van der Waals surface area contributed by atoms with Gasteiger partial charge in [-0.15, -0.1) is 0 Å². The molecule has 1 unspecified atom stereocenters. The molecule has 16 heavy (non-hydrogen) atoms. The third-order valence-corrected chi connectivity index (χ3v) is 3.58. The van der Waals surface area contributed by atoms with E-state index in [0.717, 1.165) is 9.93 Å². The van der Waals surface area contributed by atoms with Gasteiger partial charge in [0.1, 0.15) is 11.0 Å². The normalized spacial score (nSPS) is 19.2. The van der Waals surface area contributed by atoms with Crippen LogP contribution in [-0.2, 0) is 4.79 Å². The highest BCUT2D eigenvalue weighted by Gasteiger charge is 2.17. The zero-order valence-electron chi connectivity index (χ0n) is 8.88. The fraction of sp³-hybridized carbons (Fsp3) is 0.154. The number of nitrogens with zero attached hydrogens (tertiary/aromatic N) is 1. The van der Waals surface area contributed by atoms with Gasteiger partial charge in [-0.25, -0.2) is 9.78 Å². The summed E-state index contributed by atoms with van der Waals surface area (Å²) >= 11 is 1.59. The van der Waals surface area contributed by atoms with Gasteiger partial charge in [0.2, 0.25) is 0 Å². The van der Waals surface area contributed by atoms with Gasteiger partial charge in [0.15, 0.2) is 0 Å².